The molecule has 2 aliphatic rings. The molecule has 0 N–H and O–H groups in total. The smallest absolute Gasteiger partial charge is 0.138 e. The third kappa shape index (κ3) is 3.57. The van der Waals surface area contributed by atoms with E-state index in [1.54, 1.807) is 0 Å². The highest BCUT2D eigenvalue weighted by molar-refractivity contribution is 6.31. The number of aliphatic imine (C=N–C) groups is 1. The van der Waals surface area contributed by atoms with Gasteiger partial charge in [-0.05, 0) is 51.2 Å². The monoisotopic (exact) mass is 381 g/mol. The van der Waals surface area contributed by atoms with Crippen LogP contribution < -0.4 is 5.01 Å². The van der Waals surface area contributed by atoms with Gasteiger partial charge >= 0.3 is 0 Å². The lowest BCUT2D eigenvalue weighted by Crippen LogP contribution is -2.47. The minimum atomic E-state index is 0.679. The fraction of sp³-hybridized carbons (Fsp3) is 0.333. The summed E-state index contributed by atoms with van der Waals surface area (Å²) in [5.74, 6) is 0.994. The second-order valence-corrected chi connectivity index (χ2v) is 7.67. The molecule has 0 radical (unpaired) electrons. The maximum atomic E-state index is 6.30. The van der Waals surface area contributed by atoms with Crippen molar-refractivity contribution in [2.75, 3.05) is 38.2 Å². The molecule has 2 aromatic carbocycles. The van der Waals surface area contributed by atoms with Crippen LogP contribution in [-0.4, -0.2) is 54.6 Å². The number of hydrogen-bond donors (Lipinski definition) is 0. The Bertz CT molecular complexity index is 909. The van der Waals surface area contributed by atoms with Crippen molar-refractivity contribution < 1.29 is 0 Å². The molecule has 0 spiro atoms. The zero-order valence-electron chi connectivity index (χ0n) is 16.0. The number of likely N-dealkylation sites (N-methyl/N-ethyl adjacent to an activating group) is 1. The van der Waals surface area contributed by atoms with E-state index >= 15 is 0 Å². The van der Waals surface area contributed by atoms with E-state index < -0.39 is 0 Å². The summed E-state index contributed by atoms with van der Waals surface area (Å²) in [6, 6.07) is 14.2. The molecule has 2 aliphatic heterocycles. The molecule has 0 bridgehead atoms. The average molecular weight is 382 g/mol. The molecule has 1 saturated heterocycles. The van der Waals surface area contributed by atoms with E-state index in [0.717, 1.165) is 60.4 Å². The van der Waals surface area contributed by atoms with Crippen LogP contribution in [0.4, 0.5) is 17.1 Å². The number of fused-ring (bicyclic) bond motifs is 2. The first-order valence-electron chi connectivity index (χ1n) is 9.26. The number of hydrogen-bond acceptors (Lipinski definition) is 5. The van der Waals surface area contributed by atoms with Crippen molar-refractivity contribution in [1.29, 1.82) is 0 Å². The number of para-hydroxylation sites is 1. The van der Waals surface area contributed by atoms with Gasteiger partial charge in [0.15, 0.2) is 0 Å². The Balaban J connectivity index is 1.92. The van der Waals surface area contributed by atoms with Crippen molar-refractivity contribution in [2.24, 2.45) is 10.1 Å². The summed E-state index contributed by atoms with van der Waals surface area (Å²) in [4.78, 5) is 9.80. The van der Waals surface area contributed by atoms with Gasteiger partial charge in [0.2, 0.25) is 0 Å². The van der Waals surface area contributed by atoms with Crippen LogP contribution in [0.15, 0.2) is 52.6 Å². The van der Waals surface area contributed by atoms with Crippen LogP contribution in [0, 0.1) is 0 Å². The minimum Gasteiger partial charge on any atom is -0.353 e. The molecule has 0 unspecified atom stereocenters. The molecule has 0 aromatic heterocycles. The third-order valence-electron chi connectivity index (χ3n) is 4.87. The highest BCUT2D eigenvalue weighted by Crippen LogP contribution is 2.41. The van der Waals surface area contributed by atoms with Gasteiger partial charge in [-0.25, -0.2) is 10.0 Å². The molecule has 27 heavy (non-hydrogen) atoms. The Labute approximate surface area is 165 Å². The molecule has 4 rings (SSSR count). The first kappa shape index (κ1) is 18.0. The van der Waals surface area contributed by atoms with Gasteiger partial charge in [0, 0.05) is 42.5 Å². The second kappa shape index (κ2) is 7.33. The Morgan fingerprint density at radius 1 is 1.00 bits per heavy atom. The van der Waals surface area contributed by atoms with Crippen LogP contribution in [0.1, 0.15) is 19.4 Å². The highest BCUT2D eigenvalue weighted by atomic mass is 35.5. The molecule has 0 saturated carbocycles. The van der Waals surface area contributed by atoms with Gasteiger partial charge in [-0.15, -0.1) is 0 Å². The number of anilines is 2. The molecular weight excluding hydrogens is 358 g/mol. The van der Waals surface area contributed by atoms with E-state index in [2.05, 4.69) is 41.1 Å². The molecule has 6 heteroatoms. The van der Waals surface area contributed by atoms with Crippen molar-refractivity contribution >= 4 is 40.2 Å². The van der Waals surface area contributed by atoms with Gasteiger partial charge < -0.3 is 9.80 Å². The fourth-order valence-corrected chi connectivity index (χ4v) is 3.65. The molecule has 0 aliphatic carbocycles. The maximum absolute atomic E-state index is 6.30. The molecule has 0 atom stereocenters. The summed E-state index contributed by atoms with van der Waals surface area (Å²) in [5, 5.41) is 7.48. The molecule has 1 fully saturated rings. The van der Waals surface area contributed by atoms with Gasteiger partial charge in [0.25, 0.3) is 0 Å². The van der Waals surface area contributed by atoms with E-state index in [0.29, 0.717) is 5.02 Å². The van der Waals surface area contributed by atoms with Gasteiger partial charge in [0.1, 0.15) is 5.84 Å². The quantitative estimate of drug-likeness (QED) is 0.681. The predicted molar refractivity (Wildman–Crippen MR) is 114 cm³/mol. The number of rotatable bonds is 1. The Morgan fingerprint density at radius 3 is 2.48 bits per heavy atom. The lowest BCUT2D eigenvalue weighted by molar-refractivity contribution is 0.216. The van der Waals surface area contributed by atoms with Crippen LogP contribution >= 0.6 is 11.6 Å². The lowest BCUT2D eigenvalue weighted by Gasteiger charge is -2.35. The van der Waals surface area contributed by atoms with E-state index in [-0.39, 0.29) is 0 Å². The number of amidine groups is 1. The normalized spacial score (nSPS) is 17.0. The summed E-state index contributed by atoms with van der Waals surface area (Å²) in [6.45, 7) is 7.97. The van der Waals surface area contributed by atoms with Gasteiger partial charge in [-0.3, -0.25) is 0 Å². The third-order valence-corrected chi connectivity index (χ3v) is 5.10. The summed E-state index contributed by atoms with van der Waals surface area (Å²) < 4.78 is 0. The van der Waals surface area contributed by atoms with Gasteiger partial charge in [0.05, 0.1) is 17.1 Å². The van der Waals surface area contributed by atoms with Crippen LogP contribution in [0.3, 0.4) is 0 Å². The first-order chi connectivity index (χ1) is 13.0. The molecule has 2 heterocycles. The van der Waals surface area contributed by atoms with Crippen LogP contribution in [-0.2, 0) is 0 Å². The lowest BCUT2D eigenvalue weighted by atomic mass is 10.1. The maximum Gasteiger partial charge on any atom is 0.138 e. The van der Waals surface area contributed by atoms with Gasteiger partial charge in [-0.1, -0.05) is 23.7 Å². The van der Waals surface area contributed by atoms with Crippen LogP contribution in [0.2, 0.25) is 5.02 Å². The molecule has 2 aromatic rings. The van der Waals surface area contributed by atoms with Crippen molar-refractivity contribution in [3.05, 3.63) is 53.1 Å². The summed E-state index contributed by atoms with van der Waals surface area (Å²) in [5.41, 5.74) is 4.90. The minimum absolute atomic E-state index is 0.679. The van der Waals surface area contributed by atoms with Gasteiger partial charge in [-0.2, -0.15) is 5.10 Å². The number of hydrazone groups is 1. The second-order valence-electron chi connectivity index (χ2n) is 7.23. The molecule has 0 amide bonds. The largest absolute Gasteiger partial charge is 0.353 e. The average Bonchev–Trinajstić information content (AvgIpc) is 2.77. The van der Waals surface area contributed by atoms with Crippen LogP contribution in [0.5, 0.6) is 0 Å². The van der Waals surface area contributed by atoms with Crippen molar-refractivity contribution in [1.82, 2.24) is 9.80 Å². The summed E-state index contributed by atoms with van der Waals surface area (Å²) >= 11 is 6.30. The Kier molecular flexibility index (Phi) is 4.89. The highest BCUT2D eigenvalue weighted by Gasteiger charge is 2.27. The topological polar surface area (TPSA) is 34.4 Å². The molecular formula is C21H24ClN5. The van der Waals surface area contributed by atoms with E-state index in [9.17, 15) is 0 Å². The predicted octanol–water partition coefficient (Wildman–Crippen LogP) is 4.51. The van der Waals surface area contributed by atoms with Crippen molar-refractivity contribution in [3.8, 4) is 0 Å². The number of halogens is 1. The van der Waals surface area contributed by atoms with E-state index in [1.807, 2.05) is 37.1 Å². The summed E-state index contributed by atoms with van der Waals surface area (Å²) in [6.07, 6.45) is 0. The van der Waals surface area contributed by atoms with Crippen LogP contribution in [0.25, 0.3) is 0 Å². The molecule has 5 nitrogen and oxygen atoms in total. The number of nitrogens with zero attached hydrogens (tertiary/aromatic N) is 5. The van der Waals surface area contributed by atoms with Crippen molar-refractivity contribution in [2.45, 2.75) is 13.8 Å². The zero-order chi connectivity index (χ0) is 19.0. The van der Waals surface area contributed by atoms with E-state index in [1.165, 1.54) is 0 Å². The zero-order valence-corrected chi connectivity index (χ0v) is 16.7. The Morgan fingerprint density at radius 2 is 1.74 bits per heavy atom. The molecule has 140 valence electrons. The van der Waals surface area contributed by atoms with E-state index in [4.69, 9.17) is 21.7 Å². The summed E-state index contributed by atoms with van der Waals surface area (Å²) in [7, 11) is 2.16. The first-order valence-corrected chi connectivity index (χ1v) is 9.64. The standard InChI is InChI=1S/C21H24ClN5/c1-15(2)24-27-19-7-5-4-6-17(19)21(26-12-10-25(3)11-13-26)23-18-14-16(22)8-9-20(18)27/h4-9,14H,10-13H2,1-3H3. The number of benzene rings is 2. The SMILES string of the molecule is CC(C)=NN1c2ccc(Cl)cc2N=C(N2CCN(C)CC2)c2ccccc21. The Hall–Kier alpha value is -2.37. The number of piperazine rings is 1. The van der Waals surface area contributed by atoms with Crippen molar-refractivity contribution in [3.63, 3.8) is 0 Å². The fourth-order valence-electron chi connectivity index (χ4n) is 3.48.